The molecule has 0 fully saturated rings. The zero-order chi connectivity index (χ0) is 24.1. The lowest BCUT2D eigenvalue weighted by atomic mass is 10.1. The van der Waals surface area contributed by atoms with Gasteiger partial charge < -0.3 is 24.3 Å². The zero-order valence-corrected chi connectivity index (χ0v) is 18.5. The van der Waals surface area contributed by atoms with Crippen LogP contribution in [0, 0.1) is 6.92 Å². The second-order valence-corrected chi connectivity index (χ2v) is 7.35. The third kappa shape index (κ3) is 4.88. The molecule has 0 atom stereocenters. The number of hydrogen-bond donors (Lipinski definition) is 2. The molecule has 172 valence electrons. The molecule has 2 amide bonds. The number of aryl methyl sites for hydroxylation is 1. The molecule has 2 aromatic heterocycles. The number of anilines is 1. The van der Waals surface area contributed by atoms with Crippen LogP contribution in [-0.4, -0.2) is 30.1 Å². The predicted molar refractivity (Wildman–Crippen MR) is 122 cm³/mol. The third-order valence-corrected chi connectivity index (χ3v) is 5.01. The molecule has 4 rings (SSSR count). The highest BCUT2D eigenvalue weighted by atomic mass is 16.5. The van der Waals surface area contributed by atoms with Crippen LogP contribution < -0.4 is 10.6 Å². The summed E-state index contributed by atoms with van der Waals surface area (Å²) < 4.78 is 15.2. The maximum atomic E-state index is 13.0. The minimum Gasteiger partial charge on any atom is -0.465 e. The molecule has 9 heteroatoms. The lowest BCUT2D eigenvalue weighted by Gasteiger charge is -2.11. The number of esters is 1. The van der Waals surface area contributed by atoms with Crippen LogP contribution in [0.1, 0.15) is 42.6 Å². The van der Waals surface area contributed by atoms with E-state index >= 15 is 0 Å². The number of hydrogen-bond acceptors (Lipinski definition) is 7. The molecule has 0 aliphatic rings. The van der Waals surface area contributed by atoms with Gasteiger partial charge in [-0.15, -0.1) is 0 Å². The molecule has 9 nitrogen and oxygen atoms in total. The molecule has 4 aromatic rings. The number of furan rings is 1. The molecular weight excluding hydrogens is 438 g/mol. The maximum Gasteiger partial charge on any atom is 0.337 e. The van der Waals surface area contributed by atoms with Gasteiger partial charge in [0.05, 0.1) is 18.9 Å². The topological polar surface area (TPSA) is 124 Å². The molecule has 2 N–H and O–H groups in total. The van der Waals surface area contributed by atoms with Crippen LogP contribution >= 0.6 is 0 Å². The van der Waals surface area contributed by atoms with Gasteiger partial charge in [-0.25, -0.2) is 4.79 Å². The van der Waals surface area contributed by atoms with Gasteiger partial charge in [0.2, 0.25) is 0 Å². The van der Waals surface area contributed by atoms with Gasteiger partial charge >= 0.3 is 5.97 Å². The zero-order valence-electron chi connectivity index (χ0n) is 18.5. The number of rotatable bonds is 7. The number of aromatic nitrogens is 1. The molecule has 0 radical (unpaired) electrons. The van der Waals surface area contributed by atoms with Crippen LogP contribution in [0.5, 0.6) is 0 Å². The average Bonchev–Trinajstić information content (AvgIpc) is 3.53. The number of nitrogens with one attached hydrogen (secondary N) is 2. The first-order valence-electron chi connectivity index (χ1n) is 10.3. The smallest absolute Gasteiger partial charge is 0.337 e. The van der Waals surface area contributed by atoms with E-state index < -0.39 is 11.9 Å². The molecule has 0 unspecified atom stereocenters. The molecule has 34 heavy (non-hydrogen) atoms. The van der Waals surface area contributed by atoms with E-state index in [2.05, 4.69) is 15.8 Å². The molecule has 2 heterocycles. The van der Waals surface area contributed by atoms with Gasteiger partial charge in [0.1, 0.15) is 17.0 Å². The number of benzene rings is 2. The summed E-state index contributed by atoms with van der Waals surface area (Å²) in [7, 11) is 1.26. The summed E-state index contributed by atoms with van der Waals surface area (Å²) >= 11 is 0. The fourth-order valence-corrected chi connectivity index (χ4v) is 3.41. The molecule has 0 saturated carbocycles. The van der Waals surface area contributed by atoms with Crippen LogP contribution in [-0.2, 0) is 11.3 Å². The van der Waals surface area contributed by atoms with E-state index in [4.69, 9.17) is 13.7 Å². The third-order valence-electron chi connectivity index (χ3n) is 5.01. The highest BCUT2D eigenvalue weighted by Gasteiger charge is 2.21. The number of methoxy groups -OCH3 is 1. The van der Waals surface area contributed by atoms with Crippen molar-refractivity contribution in [1.82, 2.24) is 10.5 Å². The number of nitrogens with zero attached hydrogens (tertiary/aromatic N) is 1. The SMILES string of the molecule is COC(=O)c1cc(CNC(=O)c2c(-c3ccccc3)noc2C)cc(NC(=O)c2ccco2)c1. The summed E-state index contributed by atoms with van der Waals surface area (Å²) in [5.41, 5.74) is 2.64. The number of amides is 2. The van der Waals surface area contributed by atoms with Crippen LogP contribution in [0.25, 0.3) is 11.3 Å². The lowest BCUT2D eigenvalue weighted by Crippen LogP contribution is -2.24. The van der Waals surface area contributed by atoms with Gasteiger partial charge in [0.25, 0.3) is 11.8 Å². The first-order valence-corrected chi connectivity index (χ1v) is 10.3. The van der Waals surface area contributed by atoms with Crippen molar-refractivity contribution in [3.8, 4) is 11.3 Å². The Morgan fingerprint density at radius 1 is 1.00 bits per heavy atom. The Labute approximate surface area is 194 Å². The van der Waals surface area contributed by atoms with Gasteiger partial charge in [0.15, 0.2) is 5.76 Å². The Morgan fingerprint density at radius 2 is 1.79 bits per heavy atom. The Morgan fingerprint density at radius 3 is 2.50 bits per heavy atom. The quantitative estimate of drug-likeness (QED) is 0.397. The highest BCUT2D eigenvalue weighted by Crippen LogP contribution is 2.25. The van der Waals surface area contributed by atoms with E-state index in [1.165, 1.54) is 25.5 Å². The Balaban J connectivity index is 1.56. The second kappa shape index (κ2) is 9.86. The fourth-order valence-electron chi connectivity index (χ4n) is 3.41. The number of ether oxygens (including phenoxy) is 1. The minimum atomic E-state index is -0.581. The molecule has 0 spiro atoms. The van der Waals surface area contributed by atoms with Crippen molar-refractivity contribution in [3.05, 3.63) is 95.1 Å². The summed E-state index contributed by atoms with van der Waals surface area (Å²) in [4.78, 5) is 37.5. The summed E-state index contributed by atoms with van der Waals surface area (Å²) in [6, 6.07) is 17.0. The van der Waals surface area contributed by atoms with Crippen LogP contribution in [0.2, 0.25) is 0 Å². The van der Waals surface area contributed by atoms with Crippen molar-refractivity contribution in [2.75, 3.05) is 12.4 Å². The molecule has 0 saturated heterocycles. The lowest BCUT2D eigenvalue weighted by molar-refractivity contribution is 0.0600. The van der Waals surface area contributed by atoms with E-state index in [9.17, 15) is 14.4 Å². The largest absolute Gasteiger partial charge is 0.465 e. The highest BCUT2D eigenvalue weighted by molar-refractivity contribution is 6.03. The Hall–Kier alpha value is -4.66. The summed E-state index contributed by atoms with van der Waals surface area (Å²) in [6.45, 7) is 1.74. The van der Waals surface area contributed by atoms with Crippen molar-refractivity contribution in [1.29, 1.82) is 0 Å². The summed E-state index contributed by atoms with van der Waals surface area (Å²) in [5.74, 6) is -0.944. The van der Waals surface area contributed by atoms with E-state index in [0.29, 0.717) is 28.3 Å². The van der Waals surface area contributed by atoms with Crippen LogP contribution in [0.15, 0.2) is 75.9 Å². The van der Waals surface area contributed by atoms with Gasteiger partial charge in [-0.3, -0.25) is 9.59 Å². The predicted octanol–water partition coefficient (Wildman–Crippen LogP) is 4.21. The molecule has 0 bridgehead atoms. The normalized spacial score (nSPS) is 10.5. The molecule has 2 aromatic carbocycles. The first kappa shape index (κ1) is 22.5. The van der Waals surface area contributed by atoms with Crippen LogP contribution in [0.4, 0.5) is 5.69 Å². The second-order valence-electron chi connectivity index (χ2n) is 7.35. The fraction of sp³-hybridized carbons (Fsp3) is 0.120. The summed E-state index contributed by atoms with van der Waals surface area (Å²) in [5, 5.41) is 9.53. The monoisotopic (exact) mass is 459 g/mol. The van der Waals surface area contributed by atoms with Gasteiger partial charge in [-0.2, -0.15) is 0 Å². The average molecular weight is 459 g/mol. The van der Waals surface area contributed by atoms with Crippen molar-refractivity contribution in [2.24, 2.45) is 0 Å². The summed E-state index contributed by atoms with van der Waals surface area (Å²) in [6.07, 6.45) is 1.39. The van der Waals surface area contributed by atoms with E-state index in [1.54, 1.807) is 25.1 Å². The van der Waals surface area contributed by atoms with E-state index in [-0.39, 0.29) is 23.8 Å². The van der Waals surface area contributed by atoms with Gasteiger partial charge in [-0.1, -0.05) is 35.5 Å². The van der Waals surface area contributed by atoms with E-state index in [0.717, 1.165) is 5.56 Å². The number of carbonyl (C=O) groups is 3. The van der Waals surface area contributed by atoms with Crippen molar-refractivity contribution in [3.63, 3.8) is 0 Å². The molecule has 0 aliphatic heterocycles. The maximum absolute atomic E-state index is 13.0. The van der Waals surface area contributed by atoms with Crippen molar-refractivity contribution in [2.45, 2.75) is 13.5 Å². The Bertz CT molecular complexity index is 1330. The molecule has 0 aliphatic carbocycles. The van der Waals surface area contributed by atoms with Crippen LogP contribution in [0.3, 0.4) is 0 Å². The van der Waals surface area contributed by atoms with Crippen molar-refractivity contribution < 1.29 is 28.1 Å². The number of carbonyl (C=O) groups excluding carboxylic acids is 3. The van der Waals surface area contributed by atoms with Gasteiger partial charge in [0, 0.05) is 17.8 Å². The molecular formula is C25H21N3O6. The Kier molecular flexibility index (Phi) is 6.54. The standard InChI is InChI=1S/C25H21N3O6/c1-15-21(22(28-34-15)17-7-4-3-5-8-17)24(30)26-14-16-11-18(25(31)32-2)13-19(12-16)27-23(29)20-9-6-10-33-20/h3-13H,14H2,1-2H3,(H,26,30)(H,27,29). The van der Waals surface area contributed by atoms with E-state index in [1.807, 2.05) is 30.3 Å². The van der Waals surface area contributed by atoms with Gasteiger partial charge in [-0.05, 0) is 42.8 Å². The minimum absolute atomic E-state index is 0.0755. The first-order chi connectivity index (χ1) is 16.5. The van der Waals surface area contributed by atoms with Crippen molar-refractivity contribution >= 4 is 23.5 Å².